The van der Waals surface area contributed by atoms with E-state index >= 15 is 0 Å². The lowest BCUT2D eigenvalue weighted by Crippen LogP contribution is -2.43. The molecule has 0 bridgehead atoms. The van der Waals surface area contributed by atoms with Crippen LogP contribution in [0, 0.1) is 6.92 Å². The molecule has 3 aliphatic rings. The number of ether oxygens (including phenoxy) is 1. The number of nitrogens with one attached hydrogen (secondary N) is 2. The Balaban J connectivity index is 0.00000133. The number of carbonyl (C=O) groups excluding carboxylic acids is 2. The summed E-state index contributed by atoms with van der Waals surface area (Å²) in [6, 6.07) is 5.36. The molecule has 2 aromatic rings. The molecule has 0 saturated carbocycles. The van der Waals surface area contributed by atoms with Crippen LogP contribution >= 0.6 is 11.6 Å². The maximum atomic E-state index is 13.4. The van der Waals surface area contributed by atoms with E-state index in [9.17, 15) is 9.59 Å². The molecule has 2 amide bonds. The quantitative estimate of drug-likeness (QED) is 0.637. The number of hydrogen-bond donors (Lipinski definition) is 2. The number of anilines is 1. The van der Waals surface area contributed by atoms with Crippen LogP contribution in [0.3, 0.4) is 0 Å². The number of carbonyl (C=O) groups is 2. The number of nitrogens with zero attached hydrogens (tertiary/aromatic N) is 2. The number of benzene rings is 1. The van der Waals surface area contributed by atoms with Gasteiger partial charge in [0.05, 0.1) is 24.4 Å². The van der Waals surface area contributed by atoms with Crippen LogP contribution in [-0.2, 0) is 16.0 Å². The fourth-order valence-electron chi connectivity index (χ4n) is 4.76. The maximum Gasteiger partial charge on any atom is 0.256 e. The van der Waals surface area contributed by atoms with Crippen LogP contribution in [-0.4, -0.2) is 72.5 Å². The molecule has 4 heterocycles. The Morgan fingerprint density at radius 1 is 1.12 bits per heavy atom. The first kappa shape index (κ1) is 24.5. The van der Waals surface area contributed by atoms with Crippen molar-refractivity contribution in [2.75, 3.05) is 51.3 Å². The molecular weight excluding hydrogens is 452 g/mol. The molecule has 1 saturated heterocycles. The molecule has 5 rings (SSSR count). The van der Waals surface area contributed by atoms with Crippen molar-refractivity contribution >= 4 is 40.8 Å². The SMILES string of the molecule is CC.Cc1c(/C=C2\C(=O)Nc3ccc(Cl)cc32)[nH]c2c1C(=O)N(CCN1CCOCC1)CCC2. The highest BCUT2D eigenvalue weighted by Crippen LogP contribution is 2.36. The summed E-state index contributed by atoms with van der Waals surface area (Å²) in [6.07, 6.45) is 3.57. The Morgan fingerprint density at radius 3 is 2.65 bits per heavy atom. The lowest BCUT2D eigenvalue weighted by molar-refractivity contribution is -0.110. The standard InChI is InChI=1S/C24H27ClN4O3.C2H6/c1-15-21(14-18-17-13-16(25)4-5-19(17)27-23(18)30)26-20-3-2-6-29(24(31)22(15)20)8-7-28-9-11-32-12-10-28;1-2/h4-5,13-14,26H,2-3,6-12H2,1H3,(H,27,30);1-2H3/b18-14-;. The third-order valence-corrected chi connectivity index (χ3v) is 6.80. The first-order valence-electron chi connectivity index (χ1n) is 12.1. The van der Waals surface area contributed by atoms with Gasteiger partial charge in [-0.3, -0.25) is 14.5 Å². The largest absolute Gasteiger partial charge is 0.379 e. The summed E-state index contributed by atoms with van der Waals surface area (Å²) in [6.45, 7) is 11.6. The monoisotopic (exact) mass is 484 g/mol. The van der Waals surface area contributed by atoms with Gasteiger partial charge in [-0.2, -0.15) is 0 Å². The van der Waals surface area contributed by atoms with Crippen LogP contribution in [0.2, 0.25) is 5.02 Å². The summed E-state index contributed by atoms with van der Waals surface area (Å²) in [7, 11) is 0. The topological polar surface area (TPSA) is 77.7 Å². The number of aromatic nitrogens is 1. The normalized spacial score (nSPS) is 19.3. The minimum absolute atomic E-state index is 0.0727. The second kappa shape index (κ2) is 10.8. The third kappa shape index (κ3) is 4.92. The molecule has 182 valence electrons. The number of aryl methyl sites for hydroxylation is 1. The van der Waals surface area contributed by atoms with Gasteiger partial charge in [0.1, 0.15) is 0 Å². The first-order valence-corrected chi connectivity index (χ1v) is 12.5. The van der Waals surface area contributed by atoms with Gasteiger partial charge in [-0.05, 0) is 49.6 Å². The van der Waals surface area contributed by atoms with E-state index in [4.69, 9.17) is 16.3 Å². The highest BCUT2D eigenvalue weighted by molar-refractivity contribution is 6.36. The number of aromatic amines is 1. The van der Waals surface area contributed by atoms with Crippen molar-refractivity contribution in [2.45, 2.75) is 33.6 Å². The van der Waals surface area contributed by atoms with E-state index in [0.717, 1.165) is 86.0 Å². The van der Waals surface area contributed by atoms with Crippen molar-refractivity contribution in [2.24, 2.45) is 0 Å². The minimum Gasteiger partial charge on any atom is -0.379 e. The van der Waals surface area contributed by atoms with Crippen molar-refractivity contribution < 1.29 is 14.3 Å². The number of amides is 2. The average molecular weight is 485 g/mol. The van der Waals surface area contributed by atoms with Crippen molar-refractivity contribution in [1.29, 1.82) is 0 Å². The highest BCUT2D eigenvalue weighted by Gasteiger charge is 2.29. The smallest absolute Gasteiger partial charge is 0.256 e. The molecule has 7 nitrogen and oxygen atoms in total. The van der Waals surface area contributed by atoms with E-state index in [1.54, 1.807) is 12.1 Å². The summed E-state index contributed by atoms with van der Waals surface area (Å²) in [5.74, 6) is -0.0894. The van der Waals surface area contributed by atoms with E-state index in [1.165, 1.54) is 0 Å². The summed E-state index contributed by atoms with van der Waals surface area (Å²) in [4.78, 5) is 33.8. The fourth-order valence-corrected chi connectivity index (χ4v) is 4.93. The minimum atomic E-state index is -0.162. The number of H-pyrrole nitrogens is 1. The van der Waals surface area contributed by atoms with Crippen LogP contribution in [0.5, 0.6) is 0 Å². The molecule has 3 aliphatic heterocycles. The summed E-state index contributed by atoms with van der Waals surface area (Å²) in [5, 5.41) is 3.46. The molecule has 0 aliphatic carbocycles. The number of fused-ring (bicyclic) bond motifs is 2. The molecule has 0 unspecified atom stereocenters. The molecule has 34 heavy (non-hydrogen) atoms. The van der Waals surface area contributed by atoms with Crippen LogP contribution in [0.15, 0.2) is 18.2 Å². The van der Waals surface area contributed by atoms with Crippen LogP contribution < -0.4 is 5.32 Å². The molecule has 2 N–H and O–H groups in total. The van der Waals surface area contributed by atoms with Gasteiger partial charge in [0.25, 0.3) is 11.8 Å². The Labute approximate surface area is 206 Å². The highest BCUT2D eigenvalue weighted by atomic mass is 35.5. The Morgan fingerprint density at radius 2 is 1.88 bits per heavy atom. The molecule has 8 heteroatoms. The van der Waals surface area contributed by atoms with E-state index in [0.29, 0.717) is 17.1 Å². The van der Waals surface area contributed by atoms with Gasteiger partial charge in [-0.25, -0.2) is 0 Å². The summed E-state index contributed by atoms with van der Waals surface area (Å²) < 4.78 is 5.42. The average Bonchev–Trinajstić information content (AvgIpc) is 3.27. The molecule has 0 spiro atoms. The predicted octanol–water partition coefficient (Wildman–Crippen LogP) is 4.22. The van der Waals surface area contributed by atoms with E-state index in [-0.39, 0.29) is 11.8 Å². The Kier molecular flexibility index (Phi) is 7.76. The van der Waals surface area contributed by atoms with Gasteiger partial charge in [-0.1, -0.05) is 25.4 Å². The summed E-state index contributed by atoms with van der Waals surface area (Å²) in [5.41, 5.74) is 5.49. The number of rotatable bonds is 4. The molecular formula is C26H33ClN4O3. The van der Waals surface area contributed by atoms with E-state index < -0.39 is 0 Å². The zero-order valence-electron chi connectivity index (χ0n) is 20.2. The lowest BCUT2D eigenvalue weighted by Gasteiger charge is -2.29. The molecule has 1 aromatic carbocycles. The zero-order valence-corrected chi connectivity index (χ0v) is 20.9. The fraction of sp³-hybridized carbons (Fsp3) is 0.462. The van der Waals surface area contributed by atoms with Gasteiger partial charge >= 0.3 is 0 Å². The van der Waals surface area contributed by atoms with Crippen molar-refractivity contribution in [1.82, 2.24) is 14.8 Å². The molecule has 1 aromatic heterocycles. The third-order valence-electron chi connectivity index (χ3n) is 6.57. The van der Waals surface area contributed by atoms with Crippen LogP contribution in [0.4, 0.5) is 5.69 Å². The summed E-state index contributed by atoms with van der Waals surface area (Å²) >= 11 is 6.16. The Bertz CT molecular complexity index is 1100. The zero-order chi connectivity index (χ0) is 24.2. The number of hydrogen-bond acceptors (Lipinski definition) is 4. The van der Waals surface area contributed by atoms with E-state index in [2.05, 4.69) is 15.2 Å². The number of halogens is 1. The predicted molar refractivity (Wildman–Crippen MR) is 136 cm³/mol. The second-order valence-electron chi connectivity index (χ2n) is 8.57. The molecule has 0 radical (unpaired) electrons. The van der Waals surface area contributed by atoms with Crippen LogP contribution in [0.25, 0.3) is 11.6 Å². The molecule has 1 fully saturated rings. The number of morpholine rings is 1. The van der Waals surface area contributed by atoms with Gasteiger partial charge in [0.15, 0.2) is 0 Å². The lowest BCUT2D eigenvalue weighted by atomic mass is 10.0. The second-order valence-corrected chi connectivity index (χ2v) is 9.01. The first-order chi connectivity index (χ1) is 16.5. The van der Waals surface area contributed by atoms with Gasteiger partial charge in [0.2, 0.25) is 0 Å². The molecule has 0 atom stereocenters. The van der Waals surface area contributed by atoms with Crippen molar-refractivity contribution in [3.63, 3.8) is 0 Å². The van der Waals surface area contributed by atoms with Gasteiger partial charge in [-0.15, -0.1) is 0 Å². The Hall–Kier alpha value is -2.61. The van der Waals surface area contributed by atoms with E-state index in [1.807, 2.05) is 37.8 Å². The van der Waals surface area contributed by atoms with Gasteiger partial charge in [0, 0.05) is 60.4 Å². The van der Waals surface area contributed by atoms with Crippen molar-refractivity contribution in [3.8, 4) is 0 Å². The maximum absolute atomic E-state index is 13.4. The van der Waals surface area contributed by atoms with Gasteiger partial charge < -0.3 is 19.9 Å². The van der Waals surface area contributed by atoms with Crippen LogP contribution in [0.1, 0.15) is 53.1 Å². The van der Waals surface area contributed by atoms with Crippen molar-refractivity contribution in [3.05, 3.63) is 51.3 Å².